The maximum Gasteiger partial charge on any atom is 0.278 e. The molecule has 21 heavy (non-hydrogen) atoms. The molecule has 1 aromatic carbocycles. The molecule has 7 heteroatoms. The van der Waals surface area contributed by atoms with Gasteiger partial charge in [-0.2, -0.15) is 0 Å². The summed E-state index contributed by atoms with van der Waals surface area (Å²) in [6, 6.07) is 2.39. The summed E-state index contributed by atoms with van der Waals surface area (Å²) in [6.07, 6.45) is 2.21. The molecule has 1 aliphatic rings. The number of nitrogens with one attached hydrogen (secondary N) is 1. The summed E-state index contributed by atoms with van der Waals surface area (Å²) >= 11 is 5.94. The van der Waals surface area contributed by atoms with Gasteiger partial charge in [-0.1, -0.05) is 17.7 Å². The molecule has 0 aromatic heterocycles. The number of hydrogen-bond donors (Lipinski definition) is 2. The Morgan fingerprint density at radius 2 is 2.19 bits per heavy atom. The second-order valence-electron chi connectivity index (χ2n) is 4.91. The summed E-state index contributed by atoms with van der Waals surface area (Å²) in [5.41, 5.74) is 0.164. The number of piperazine rings is 1. The zero-order chi connectivity index (χ0) is 15.4. The molecule has 1 aromatic rings. The summed E-state index contributed by atoms with van der Waals surface area (Å²) in [6.45, 7) is 6.84. The third kappa shape index (κ3) is 3.34. The van der Waals surface area contributed by atoms with Crippen molar-refractivity contribution in [1.82, 2.24) is 10.2 Å². The molecular formula is C14H18ClN3O3. The van der Waals surface area contributed by atoms with E-state index in [2.05, 4.69) is 16.8 Å². The molecule has 0 saturated carbocycles. The van der Waals surface area contributed by atoms with Crippen LogP contribution in [0.2, 0.25) is 5.02 Å². The minimum Gasteiger partial charge on any atom is -0.506 e. The summed E-state index contributed by atoms with van der Waals surface area (Å²) in [5, 5.41) is 24.9. The fraction of sp³-hybridized carbons (Fsp3) is 0.429. The van der Waals surface area contributed by atoms with Gasteiger partial charge in [-0.25, -0.2) is 0 Å². The average molecular weight is 312 g/mol. The van der Waals surface area contributed by atoms with Crippen molar-refractivity contribution in [2.75, 3.05) is 26.2 Å². The van der Waals surface area contributed by atoms with Gasteiger partial charge in [0.05, 0.1) is 15.5 Å². The van der Waals surface area contributed by atoms with E-state index in [0.29, 0.717) is 6.42 Å². The molecule has 1 fully saturated rings. The van der Waals surface area contributed by atoms with E-state index >= 15 is 0 Å². The first-order chi connectivity index (χ1) is 10.1. The van der Waals surface area contributed by atoms with Crippen molar-refractivity contribution in [2.24, 2.45) is 0 Å². The Bertz CT molecular complexity index is 545. The summed E-state index contributed by atoms with van der Waals surface area (Å²) in [5.74, 6) is -0.212. The van der Waals surface area contributed by atoms with Crippen LogP contribution in [-0.2, 0) is 0 Å². The lowest BCUT2D eigenvalue weighted by atomic mass is 9.98. The number of phenols is 1. The normalized spacial score (nSPS) is 17.4. The van der Waals surface area contributed by atoms with Crippen LogP contribution in [0.5, 0.6) is 5.75 Å². The smallest absolute Gasteiger partial charge is 0.278 e. The third-order valence-corrected chi connectivity index (χ3v) is 3.96. The van der Waals surface area contributed by atoms with E-state index in [0.717, 1.165) is 26.2 Å². The van der Waals surface area contributed by atoms with E-state index in [4.69, 9.17) is 11.6 Å². The van der Waals surface area contributed by atoms with Crippen molar-refractivity contribution < 1.29 is 10.0 Å². The Morgan fingerprint density at radius 3 is 2.76 bits per heavy atom. The van der Waals surface area contributed by atoms with Gasteiger partial charge in [0.25, 0.3) is 5.69 Å². The van der Waals surface area contributed by atoms with Crippen LogP contribution >= 0.6 is 11.6 Å². The van der Waals surface area contributed by atoms with Gasteiger partial charge in [0, 0.05) is 38.3 Å². The van der Waals surface area contributed by atoms with E-state index in [9.17, 15) is 15.2 Å². The summed E-state index contributed by atoms with van der Waals surface area (Å²) in [7, 11) is 0. The molecule has 1 atom stereocenters. The van der Waals surface area contributed by atoms with Crippen LogP contribution in [0, 0.1) is 10.1 Å². The highest BCUT2D eigenvalue weighted by atomic mass is 35.5. The Hall–Kier alpha value is -1.63. The van der Waals surface area contributed by atoms with Crippen molar-refractivity contribution >= 4 is 17.3 Å². The topological polar surface area (TPSA) is 78.6 Å². The predicted molar refractivity (Wildman–Crippen MR) is 81.8 cm³/mol. The Morgan fingerprint density at radius 1 is 1.52 bits per heavy atom. The van der Waals surface area contributed by atoms with E-state index in [1.165, 1.54) is 12.1 Å². The SMILES string of the molecule is C=CC[C@@H](c1c([N+](=O)[O-])ccc(Cl)c1O)N1CCNCC1. The van der Waals surface area contributed by atoms with E-state index in [-0.39, 0.29) is 28.1 Å². The highest BCUT2D eigenvalue weighted by Crippen LogP contribution is 2.42. The predicted octanol–water partition coefficient (Wildman–Crippen LogP) is 2.48. The largest absolute Gasteiger partial charge is 0.506 e. The van der Waals surface area contributed by atoms with Crippen LogP contribution in [-0.4, -0.2) is 41.1 Å². The molecule has 2 rings (SSSR count). The van der Waals surface area contributed by atoms with Gasteiger partial charge >= 0.3 is 0 Å². The fourth-order valence-corrected chi connectivity index (χ4v) is 2.82. The number of rotatable bonds is 5. The van der Waals surface area contributed by atoms with Crippen molar-refractivity contribution in [1.29, 1.82) is 0 Å². The van der Waals surface area contributed by atoms with Crippen LogP contribution in [0.3, 0.4) is 0 Å². The monoisotopic (exact) mass is 311 g/mol. The van der Waals surface area contributed by atoms with E-state index < -0.39 is 4.92 Å². The molecule has 1 heterocycles. The van der Waals surface area contributed by atoms with Gasteiger partial charge in [-0.05, 0) is 12.5 Å². The standard InChI is InChI=1S/C14H18ClN3O3/c1-2-3-11(17-8-6-16-7-9-17)13-12(18(20)21)5-4-10(15)14(13)19/h2,4-5,11,16,19H,1,3,6-9H2/t11-/m0/s1. The van der Waals surface area contributed by atoms with Gasteiger partial charge in [-0.3, -0.25) is 15.0 Å². The van der Waals surface area contributed by atoms with Gasteiger partial charge in [0.1, 0.15) is 5.75 Å². The van der Waals surface area contributed by atoms with Gasteiger partial charge < -0.3 is 10.4 Å². The number of phenolic OH excluding ortho intramolecular Hbond substituents is 1. The number of nitrogens with zero attached hydrogens (tertiary/aromatic N) is 2. The molecular weight excluding hydrogens is 294 g/mol. The summed E-state index contributed by atoms with van der Waals surface area (Å²) in [4.78, 5) is 12.9. The minimum atomic E-state index is -0.482. The highest BCUT2D eigenvalue weighted by Gasteiger charge is 2.31. The zero-order valence-electron chi connectivity index (χ0n) is 11.6. The van der Waals surface area contributed by atoms with Crippen molar-refractivity contribution in [3.05, 3.63) is 45.5 Å². The molecule has 114 valence electrons. The molecule has 1 aliphatic heterocycles. The second kappa shape index (κ2) is 6.89. The van der Waals surface area contributed by atoms with Crippen LogP contribution < -0.4 is 5.32 Å². The molecule has 6 nitrogen and oxygen atoms in total. The maximum absolute atomic E-state index is 11.3. The number of nitro benzene ring substituents is 1. The Balaban J connectivity index is 2.49. The maximum atomic E-state index is 11.3. The molecule has 0 bridgehead atoms. The van der Waals surface area contributed by atoms with Gasteiger partial charge in [0.2, 0.25) is 0 Å². The minimum absolute atomic E-state index is 0.109. The molecule has 0 spiro atoms. The summed E-state index contributed by atoms with van der Waals surface area (Å²) < 4.78 is 0. The highest BCUT2D eigenvalue weighted by molar-refractivity contribution is 6.32. The van der Waals surface area contributed by atoms with Crippen LogP contribution in [0.25, 0.3) is 0 Å². The number of hydrogen-bond acceptors (Lipinski definition) is 5. The number of nitro groups is 1. The van der Waals surface area contributed by atoms with Gasteiger partial charge in [0.15, 0.2) is 0 Å². The fourth-order valence-electron chi connectivity index (χ4n) is 2.66. The van der Waals surface area contributed by atoms with Gasteiger partial charge in [-0.15, -0.1) is 6.58 Å². The van der Waals surface area contributed by atoms with Crippen molar-refractivity contribution in [3.63, 3.8) is 0 Å². The van der Waals surface area contributed by atoms with Crippen molar-refractivity contribution in [2.45, 2.75) is 12.5 Å². The molecule has 0 radical (unpaired) electrons. The second-order valence-corrected chi connectivity index (χ2v) is 5.32. The first-order valence-electron chi connectivity index (χ1n) is 6.77. The molecule has 0 amide bonds. The van der Waals surface area contributed by atoms with Crippen molar-refractivity contribution in [3.8, 4) is 5.75 Å². The van der Waals surface area contributed by atoms with E-state index in [1.807, 2.05) is 0 Å². The van der Waals surface area contributed by atoms with Crippen LogP contribution in [0.4, 0.5) is 5.69 Å². The number of halogens is 1. The Labute approximate surface area is 128 Å². The lowest BCUT2D eigenvalue weighted by molar-refractivity contribution is -0.386. The lowest BCUT2D eigenvalue weighted by Gasteiger charge is -2.34. The van der Waals surface area contributed by atoms with Crippen LogP contribution in [0.1, 0.15) is 18.0 Å². The zero-order valence-corrected chi connectivity index (χ0v) is 12.3. The van der Waals surface area contributed by atoms with E-state index in [1.54, 1.807) is 6.08 Å². The van der Waals surface area contributed by atoms with Crippen LogP contribution in [0.15, 0.2) is 24.8 Å². The first-order valence-corrected chi connectivity index (χ1v) is 7.15. The molecule has 0 aliphatic carbocycles. The number of aromatic hydroxyl groups is 1. The third-order valence-electron chi connectivity index (χ3n) is 3.66. The lowest BCUT2D eigenvalue weighted by Crippen LogP contribution is -2.45. The number of benzene rings is 1. The molecule has 2 N–H and O–H groups in total. The molecule has 0 unspecified atom stereocenters. The Kier molecular flexibility index (Phi) is 5.17. The first kappa shape index (κ1) is 15.8. The average Bonchev–Trinajstić information content (AvgIpc) is 2.48. The molecule has 1 saturated heterocycles. The quantitative estimate of drug-likeness (QED) is 0.496.